The first-order valence-electron chi connectivity index (χ1n) is 8.57. The van der Waals surface area contributed by atoms with Gasteiger partial charge in [-0.1, -0.05) is 54.6 Å². The predicted octanol–water partition coefficient (Wildman–Crippen LogP) is 5.14. The van der Waals surface area contributed by atoms with Gasteiger partial charge in [-0.25, -0.2) is 4.79 Å². The second-order valence-corrected chi connectivity index (χ2v) is 5.46. The molecular formula is C22H24O3. The number of allylic oxidation sites excluding steroid dienone is 1. The van der Waals surface area contributed by atoms with Gasteiger partial charge in [0.1, 0.15) is 5.75 Å². The minimum Gasteiger partial charge on any atom is -0.494 e. The van der Waals surface area contributed by atoms with Crippen molar-refractivity contribution >= 4 is 18.1 Å². The molecular weight excluding hydrogens is 312 g/mol. The summed E-state index contributed by atoms with van der Waals surface area (Å²) >= 11 is 0. The Labute approximate surface area is 149 Å². The molecule has 0 N–H and O–H groups in total. The molecule has 2 aromatic rings. The summed E-state index contributed by atoms with van der Waals surface area (Å²) in [6.07, 6.45) is 9.40. The quantitative estimate of drug-likeness (QED) is 0.361. The van der Waals surface area contributed by atoms with Gasteiger partial charge in [-0.3, -0.25) is 0 Å². The van der Waals surface area contributed by atoms with Crippen LogP contribution >= 0.6 is 0 Å². The summed E-state index contributed by atoms with van der Waals surface area (Å²) in [5.74, 6) is 0.599. The average molecular weight is 336 g/mol. The summed E-state index contributed by atoms with van der Waals surface area (Å²) in [5.41, 5.74) is 2.11. The van der Waals surface area contributed by atoms with Crippen molar-refractivity contribution < 1.29 is 14.3 Å². The zero-order chi connectivity index (χ0) is 17.7. The van der Waals surface area contributed by atoms with Gasteiger partial charge < -0.3 is 9.47 Å². The molecule has 0 fully saturated rings. The van der Waals surface area contributed by atoms with Crippen LogP contribution in [-0.4, -0.2) is 19.2 Å². The number of hydrogen-bond donors (Lipinski definition) is 0. The summed E-state index contributed by atoms with van der Waals surface area (Å²) < 4.78 is 10.5. The third-order valence-corrected chi connectivity index (χ3v) is 3.47. The number of carbonyl (C=O) groups excluding carboxylic acids is 1. The molecule has 2 rings (SSSR count). The van der Waals surface area contributed by atoms with Crippen LogP contribution in [-0.2, 0) is 9.53 Å². The summed E-state index contributed by atoms with van der Waals surface area (Å²) in [5, 5.41) is 0. The zero-order valence-corrected chi connectivity index (χ0v) is 14.6. The van der Waals surface area contributed by atoms with Crippen molar-refractivity contribution in [2.24, 2.45) is 0 Å². The van der Waals surface area contributed by atoms with E-state index in [1.54, 1.807) is 13.0 Å². The van der Waals surface area contributed by atoms with Gasteiger partial charge in [0.2, 0.25) is 0 Å². The van der Waals surface area contributed by atoms with Crippen molar-refractivity contribution in [2.45, 2.75) is 19.8 Å². The maximum absolute atomic E-state index is 11.3. The number of ether oxygens (including phenoxy) is 2. The molecule has 0 saturated heterocycles. The summed E-state index contributed by atoms with van der Waals surface area (Å²) in [6.45, 7) is 2.90. The van der Waals surface area contributed by atoms with Crippen LogP contribution in [0.3, 0.4) is 0 Å². The lowest BCUT2D eigenvalue weighted by atomic mass is 10.1. The Kier molecular flexibility index (Phi) is 8.06. The maximum atomic E-state index is 11.3. The second kappa shape index (κ2) is 10.9. The van der Waals surface area contributed by atoms with E-state index in [0.717, 1.165) is 29.7 Å². The number of esters is 1. The molecule has 0 heterocycles. The minimum absolute atomic E-state index is 0.316. The van der Waals surface area contributed by atoms with Gasteiger partial charge >= 0.3 is 5.97 Å². The lowest BCUT2D eigenvalue weighted by molar-refractivity contribution is -0.137. The molecule has 3 heteroatoms. The third kappa shape index (κ3) is 7.53. The van der Waals surface area contributed by atoms with E-state index in [-0.39, 0.29) is 5.97 Å². The van der Waals surface area contributed by atoms with E-state index in [9.17, 15) is 4.79 Å². The molecule has 2 aromatic carbocycles. The van der Waals surface area contributed by atoms with Crippen molar-refractivity contribution in [1.29, 1.82) is 0 Å². The highest BCUT2D eigenvalue weighted by atomic mass is 16.5. The summed E-state index contributed by atoms with van der Waals surface area (Å²) in [4.78, 5) is 11.3. The molecule has 0 saturated carbocycles. The molecule has 0 amide bonds. The van der Waals surface area contributed by atoms with Gasteiger partial charge in [-0.2, -0.15) is 0 Å². The number of hydrogen-bond acceptors (Lipinski definition) is 3. The summed E-state index contributed by atoms with van der Waals surface area (Å²) in [6, 6.07) is 17.9. The van der Waals surface area contributed by atoms with E-state index in [1.807, 2.05) is 54.6 Å². The van der Waals surface area contributed by atoms with Gasteiger partial charge in [0.05, 0.1) is 13.2 Å². The topological polar surface area (TPSA) is 35.5 Å². The number of carbonyl (C=O) groups is 1. The first-order chi connectivity index (χ1) is 12.3. The molecule has 3 nitrogen and oxygen atoms in total. The smallest absolute Gasteiger partial charge is 0.330 e. The van der Waals surface area contributed by atoms with Crippen LogP contribution in [0.5, 0.6) is 5.75 Å². The van der Waals surface area contributed by atoms with Gasteiger partial charge in [-0.05, 0) is 49.1 Å². The molecule has 0 spiro atoms. The largest absolute Gasteiger partial charge is 0.494 e. The summed E-state index contributed by atoms with van der Waals surface area (Å²) in [7, 11) is 0. The van der Waals surface area contributed by atoms with Gasteiger partial charge in [-0.15, -0.1) is 0 Å². The fourth-order valence-electron chi connectivity index (χ4n) is 2.20. The van der Waals surface area contributed by atoms with Crippen LogP contribution in [0.2, 0.25) is 0 Å². The van der Waals surface area contributed by atoms with Crippen LogP contribution in [0, 0.1) is 0 Å². The van der Waals surface area contributed by atoms with Crippen molar-refractivity contribution in [3.8, 4) is 5.75 Å². The number of benzene rings is 2. The highest BCUT2D eigenvalue weighted by Crippen LogP contribution is 2.11. The average Bonchev–Trinajstić information content (AvgIpc) is 2.65. The Balaban J connectivity index is 1.69. The van der Waals surface area contributed by atoms with Crippen LogP contribution in [0.15, 0.2) is 66.7 Å². The third-order valence-electron chi connectivity index (χ3n) is 3.47. The molecule has 0 aromatic heterocycles. The Bertz CT molecular complexity index is 685. The van der Waals surface area contributed by atoms with Crippen LogP contribution < -0.4 is 4.74 Å². The highest BCUT2D eigenvalue weighted by Gasteiger charge is 1.94. The Morgan fingerprint density at radius 3 is 2.32 bits per heavy atom. The van der Waals surface area contributed by atoms with Gasteiger partial charge in [0.15, 0.2) is 0 Å². The molecule has 0 bridgehead atoms. The van der Waals surface area contributed by atoms with Crippen molar-refractivity contribution in [3.05, 3.63) is 77.9 Å². The van der Waals surface area contributed by atoms with Crippen molar-refractivity contribution in [1.82, 2.24) is 0 Å². The lowest BCUT2D eigenvalue weighted by Gasteiger charge is -2.03. The first kappa shape index (κ1) is 18.5. The number of para-hydroxylation sites is 1. The molecule has 0 aliphatic heterocycles. The monoisotopic (exact) mass is 336 g/mol. The van der Waals surface area contributed by atoms with E-state index < -0.39 is 0 Å². The second-order valence-electron chi connectivity index (χ2n) is 5.46. The maximum Gasteiger partial charge on any atom is 0.330 e. The van der Waals surface area contributed by atoms with E-state index >= 15 is 0 Å². The predicted molar refractivity (Wildman–Crippen MR) is 102 cm³/mol. The van der Waals surface area contributed by atoms with E-state index in [1.165, 1.54) is 6.08 Å². The Morgan fingerprint density at radius 2 is 1.64 bits per heavy atom. The Hall–Kier alpha value is -2.81. The molecule has 130 valence electrons. The fraction of sp³-hybridized carbons (Fsp3) is 0.227. The van der Waals surface area contributed by atoms with E-state index in [4.69, 9.17) is 9.47 Å². The first-order valence-corrected chi connectivity index (χ1v) is 8.57. The standard InChI is InChI=1S/C22H24O3/c1-2-24-22(23)17-16-20-14-12-19(13-15-20)9-5-4-8-18-25-21-10-6-3-7-11-21/h3,5-7,9-17H,2,4,8,18H2,1H3/b9-5+,17-16+. The minimum atomic E-state index is -0.316. The molecule has 25 heavy (non-hydrogen) atoms. The van der Waals surface area contributed by atoms with Gasteiger partial charge in [0.25, 0.3) is 0 Å². The van der Waals surface area contributed by atoms with Gasteiger partial charge in [0, 0.05) is 6.08 Å². The lowest BCUT2D eigenvalue weighted by Crippen LogP contribution is -1.98. The fourth-order valence-corrected chi connectivity index (χ4v) is 2.20. The van der Waals surface area contributed by atoms with E-state index in [2.05, 4.69) is 12.2 Å². The molecule has 0 aliphatic rings. The van der Waals surface area contributed by atoms with Crippen molar-refractivity contribution in [3.63, 3.8) is 0 Å². The highest BCUT2D eigenvalue weighted by molar-refractivity contribution is 5.87. The molecule has 0 radical (unpaired) electrons. The Morgan fingerprint density at radius 1 is 0.960 bits per heavy atom. The van der Waals surface area contributed by atoms with Crippen LogP contribution in [0.4, 0.5) is 0 Å². The zero-order valence-electron chi connectivity index (χ0n) is 14.6. The molecule has 0 aliphatic carbocycles. The molecule has 0 unspecified atom stereocenters. The number of unbranched alkanes of at least 4 members (excludes halogenated alkanes) is 1. The van der Waals surface area contributed by atoms with Crippen LogP contribution in [0.25, 0.3) is 12.2 Å². The van der Waals surface area contributed by atoms with E-state index in [0.29, 0.717) is 13.2 Å². The normalized spacial score (nSPS) is 11.1. The van der Waals surface area contributed by atoms with Crippen LogP contribution in [0.1, 0.15) is 30.9 Å². The number of rotatable bonds is 9. The SMILES string of the molecule is CCOC(=O)/C=C/c1ccc(/C=C/CCCOc2ccccc2)cc1. The molecule has 0 atom stereocenters. The van der Waals surface area contributed by atoms with Crippen molar-refractivity contribution in [2.75, 3.05) is 13.2 Å².